The first-order valence-corrected chi connectivity index (χ1v) is 7.09. The Bertz CT molecular complexity index is 775. The predicted octanol–water partition coefficient (Wildman–Crippen LogP) is 5.05. The Kier molecular flexibility index (Phi) is 3.64. The van der Waals surface area contributed by atoms with E-state index in [1.165, 1.54) is 12.1 Å². The minimum Gasteiger partial charge on any atom is -0.323 e. The molecule has 3 aromatic rings. The number of imidazole rings is 1. The van der Waals surface area contributed by atoms with Crippen molar-refractivity contribution in [3.05, 3.63) is 66.0 Å². The van der Waals surface area contributed by atoms with Gasteiger partial charge in [0, 0.05) is 0 Å². The number of fused-ring (bicyclic) bond motifs is 1. The molecule has 0 radical (unpaired) electrons. The van der Waals surface area contributed by atoms with Crippen molar-refractivity contribution < 1.29 is 13.2 Å². The third-order valence-electron chi connectivity index (χ3n) is 3.81. The molecule has 22 heavy (non-hydrogen) atoms. The minimum absolute atomic E-state index is 0.0327. The van der Waals surface area contributed by atoms with Crippen LogP contribution in [0.15, 0.2) is 54.9 Å². The Hall–Kier alpha value is -2.30. The summed E-state index contributed by atoms with van der Waals surface area (Å²) in [5.41, 5.74) is 1.49. The summed E-state index contributed by atoms with van der Waals surface area (Å²) < 4.78 is 40.6. The molecule has 0 aliphatic heterocycles. The van der Waals surface area contributed by atoms with Crippen LogP contribution in [0.1, 0.15) is 30.5 Å². The van der Waals surface area contributed by atoms with Gasteiger partial charge in [0.1, 0.15) is 0 Å². The standard InChI is InChI=1S/C17H15F3N2/c1-2-15(12-6-4-3-5-7-12)22-11-21-14-9-8-13(10-16(14)22)17(18,19)20/h3-11,15H,2H2,1H3. The van der Waals surface area contributed by atoms with Crippen LogP contribution in [0.3, 0.4) is 0 Å². The van der Waals surface area contributed by atoms with Crippen molar-refractivity contribution in [1.82, 2.24) is 9.55 Å². The lowest BCUT2D eigenvalue weighted by Gasteiger charge is -2.18. The molecular weight excluding hydrogens is 289 g/mol. The molecule has 0 N–H and O–H groups in total. The Morgan fingerprint density at radius 2 is 1.82 bits per heavy atom. The molecule has 1 atom stereocenters. The van der Waals surface area contributed by atoms with Gasteiger partial charge in [-0.3, -0.25) is 0 Å². The Labute approximate surface area is 126 Å². The van der Waals surface area contributed by atoms with Crippen molar-refractivity contribution in [2.45, 2.75) is 25.6 Å². The van der Waals surface area contributed by atoms with Gasteiger partial charge in [0.2, 0.25) is 0 Å². The fraction of sp³-hybridized carbons (Fsp3) is 0.235. The van der Waals surface area contributed by atoms with Crippen LogP contribution < -0.4 is 0 Å². The molecule has 3 rings (SSSR count). The molecule has 1 aromatic heterocycles. The van der Waals surface area contributed by atoms with Crippen LogP contribution in [0.25, 0.3) is 11.0 Å². The van der Waals surface area contributed by atoms with E-state index in [1.54, 1.807) is 6.33 Å². The molecule has 0 spiro atoms. The molecule has 0 amide bonds. The molecular formula is C17H15F3N2. The van der Waals surface area contributed by atoms with Crippen LogP contribution in [-0.4, -0.2) is 9.55 Å². The van der Waals surface area contributed by atoms with E-state index in [-0.39, 0.29) is 6.04 Å². The van der Waals surface area contributed by atoms with Crippen molar-refractivity contribution in [1.29, 1.82) is 0 Å². The quantitative estimate of drug-likeness (QED) is 0.661. The molecule has 2 aromatic carbocycles. The average molecular weight is 304 g/mol. The fourth-order valence-electron chi connectivity index (χ4n) is 2.72. The highest BCUT2D eigenvalue weighted by Crippen LogP contribution is 2.33. The smallest absolute Gasteiger partial charge is 0.323 e. The Morgan fingerprint density at radius 1 is 1.09 bits per heavy atom. The number of nitrogens with zero attached hydrogens (tertiary/aromatic N) is 2. The van der Waals surface area contributed by atoms with Crippen LogP contribution in [0.5, 0.6) is 0 Å². The predicted molar refractivity (Wildman–Crippen MR) is 79.6 cm³/mol. The Morgan fingerprint density at radius 3 is 2.45 bits per heavy atom. The number of hydrogen-bond acceptors (Lipinski definition) is 1. The van der Waals surface area contributed by atoms with Gasteiger partial charge in [0.15, 0.2) is 0 Å². The monoisotopic (exact) mass is 304 g/mol. The maximum atomic E-state index is 12.9. The van der Waals surface area contributed by atoms with Gasteiger partial charge >= 0.3 is 6.18 Å². The van der Waals surface area contributed by atoms with Gasteiger partial charge in [0.25, 0.3) is 0 Å². The second-order valence-electron chi connectivity index (χ2n) is 5.19. The summed E-state index contributed by atoms with van der Waals surface area (Å²) >= 11 is 0. The molecule has 1 unspecified atom stereocenters. The lowest BCUT2D eigenvalue weighted by atomic mass is 10.0. The second kappa shape index (κ2) is 5.48. The van der Waals surface area contributed by atoms with Crippen LogP contribution in [-0.2, 0) is 6.18 Å². The van der Waals surface area contributed by atoms with E-state index in [2.05, 4.69) is 4.98 Å². The van der Waals surface area contributed by atoms with Crippen LogP contribution >= 0.6 is 0 Å². The highest BCUT2D eigenvalue weighted by molar-refractivity contribution is 5.76. The highest BCUT2D eigenvalue weighted by atomic mass is 19.4. The van der Waals surface area contributed by atoms with Crippen molar-refractivity contribution >= 4 is 11.0 Å². The summed E-state index contributed by atoms with van der Waals surface area (Å²) in [6, 6.07) is 13.4. The summed E-state index contributed by atoms with van der Waals surface area (Å²) in [5, 5.41) is 0. The SMILES string of the molecule is CCC(c1ccccc1)n1cnc2ccc(C(F)(F)F)cc21. The van der Waals surface area contributed by atoms with Crippen molar-refractivity contribution in [3.8, 4) is 0 Å². The fourth-order valence-corrected chi connectivity index (χ4v) is 2.72. The zero-order valence-corrected chi connectivity index (χ0v) is 12.0. The van der Waals surface area contributed by atoms with E-state index in [1.807, 2.05) is 41.8 Å². The van der Waals surface area contributed by atoms with Crippen molar-refractivity contribution in [2.24, 2.45) is 0 Å². The molecule has 2 nitrogen and oxygen atoms in total. The van der Waals surface area contributed by atoms with E-state index in [0.717, 1.165) is 18.1 Å². The van der Waals surface area contributed by atoms with Crippen molar-refractivity contribution in [3.63, 3.8) is 0 Å². The van der Waals surface area contributed by atoms with Crippen LogP contribution in [0, 0.1) is 0 Å². The van der Waals surface area contributed by atoms with Gasteiger partial charge in [-0.05, 0) is 30.2 Å². The lowest BCUT2D eigenvalue weighted by Crippen LogP contribution is -2.09. The van der Waals surface area contributed by atoms with E-state index >= 15 is 0 Å². The maximum Gasteiger partial charge on any atom is 0.416 e. The molecule has 0 fully saturated rings. The van der Waals surface area contributed by atoms with E-state index in [9.17, 15) is 13.2 Å². The van der Waals surface area contributed by atoms with Gasteiger partial charge in [-0.1, -0.05) is 37.3 Å². The third-order valence-corrected chi connectivity index (χ3v) is 3.81. The Balaban J connectivity index is 2.14. The molecule has 0 aliphatic rings. The normalized spacial score (nSPS) is 13.5. The van der Waals surface area contributed by atoms with Gasteiger partial charge in [-0.15, -0.1) is 0 Å². The van der Waals surface area contributed by atoms with Gasteiger partial charge in [-0.2, -0.15) is 13.2 Å². The first-order chi connectivity index (χ1) is 10.5. The lowest BCUT2D eigenvalue weighted by molar-refractivity contribution is -0.137. The first kappa shape index (κ1) is 14.6. The average Bonchev–Trinajstić information content (AvgIpc) is 2.92. The molecule has 0 saturated heterocycles. The van der Waals surface area contributed by atoms with E-state index in [4.69, 9.17) is 0 Å². The number of halogens is 3. The van der Waals surface area contributed by atoms with Gasteiger partial charge < -0.3 is 4.57 Å². The molecule has 0 saturated carbocycles. The first-order valence-electron chi connectivity index (χ1n) is 7.09. The summed E-state index contributed by atoms with van der Waals surface area (Å²) in [4.78, 5) is 4.23. The topological polar surface area (TPSA) is 17.8 Å². The summed E-state index contributed by atoms with van der Waals surface area (Å²) in [6.07, 6.45) is -1.96. The third kappa shape index (κ3) is 2.58. The second-order valence-corrected chi connectivity index (χ2v) is 5.19. The number of benzene rings is 2. The van der Waals surface area contributed by atoms with Crippen LogP contribution in [0.2, 0.25) is 0 Å². The highest BCUT2D eigenvalue weighted by Gasteiger charge is 2.31. The molecule has 114 valence electrons. The van der Waals surface area contributed by atoms with Crippen molar-refractivity contribution in [2.75, 3.05) is 0 Å². The largest absolute Gasteiger partial charge is 0.416 e. The summed E-state index contributed by atoms with van der Waals surface area (Å²) in [7, 11) is 0. The minimum atomic E-state index is -4.35. The number of rotatable bonds is 3. The van der Waals surface area contributed by atoms with E-state index in [0.29, 0.717) is 11.0 Å². The molecule has 0 bridgehead atoms. The van der Waals surface area contributed by atoms with E-state index < -0.39 is 11.7 Å². The maximum absolute atomic E-state index is 12.9. The number of alkyl halides is 3. The zero-order chi connectivity index (χ0) is 15.7. The number of aromatic nitrogens is 2. The zero-order valence-electron chi connectivity index (χ0n) is 12.0. The summed E-state index contributed by atoms with van der Waals surface area (Å²) in [6.45, 7) is 2.01. The number of hydrogen-bond donors (Lipinski definition) is 0. The van der Waals surface area contributed by atoms with Gasteiger partial charge in [0.05, 0.1) is 29.0 Å². The molecule has 5 heteroatoms. The molecule has 1 heterocycles. The van der Waals surface area contributed by atoms with Gasteiger partial charge in [-0.25, -0.2) is 4.98 Å². The summed E-state index contributed by atoms with van der Waals surface area (Å²) in [5.74, 6) is 0. The molecule has 0 aliphatic carbocycles. The van der Waals surface area contributed by atoms with Crippen LogP contribution in [0.4, 0.5) is 13.2 Å².